The molecule has 1 heterocycles. The number of H-pyrrole nitrogens is 1. The van der Waals surface area contributed by atoms with Crippen LogP contribution in [0.15, 0.2) is 42.5 Å². The van der Waals surface area contributed by atoms with E-state index in [9.17, 15) is 14.7 Å². The summed E-state index contributed by atoms with van der Waals surface area (Å²) in [6.45, 7) is 0. The first-order valence-electron chi connectivity index (χ1n) is 6.27. The number of nitrogens with zero attached hydrogens (tertiary/aromatic N) is 2. The number of aromatic amines is 1. The van der Waals surface area contributed by atoms with Crippen molar-refractivity contribution in [3.63, 3.8) is 0 Å². The fourth-order valence-corrected chi connectivity index (χ4v) is 2.34. The molecule has 0 radical (unpaired) electrons. The number of halogens is 1. The quantitative estimate of drug-likeness (QED) is 0.440. The van der Waals surface area contributed by atoms with Gasteiger partial charge in [0.2, 0.25) is 0 Å². The van der Waals surface area contributed by atoms with Crippen molar-refractivity contribution < 1.29 is 14.7 Å². The Labute approximate surface area is 129 Å². The third kappa shape index (κ3) is 2.40. The third-order valence-corrected chi connectivity index (χ3v) is 3.40. The minimum absolute atomic E-state index is 0.0553. The van der Waals surface area contributed by atoms with Crippen molar-refractivity contribution in [1.29, 1.82) is 0 Å². The van der Waals surface area contributed by atoms with Gasteiger partial charge in [-0.05, 0) is 48.6 Å². The number of anilines is 1. The van der Waals surface area contributed by atoms with E-state index in [1.807, 2.05) is 0 Å². The lowest BCUT2D eigenvalue weighted by atomic mass is 10.1. The molecule has 4 N–H and O–H groups in total. The highest BCUT2D eigenvalue weighted by atomic mass is 32.1. The third-order valence-electron chi connectivity index (χ3n) is 3.13. The first-order valence-corrected chi connectivity index (χ1v) is 6.68. The minimum Gasteiger partial charge on any atom is -0.508 e. The van der Waals surface area contributed by atoms with Gasteiger partial charge in [0.05, 0.1) is 16.9 Å². The molecule has 0 aliphatic rings. The van der Waals surface area contributed by atoms with E-state index in [2.05, 4.69) is 10.2 Å². The highest BCUT2D eigenvalue weighted by Crippen LogP contribution is 2.32. The maximum atomic E-state index is 12.4. The summed E-state index contributed by atoms with van der Waals surface area (Å²) >= 11 is 5.21. The fraction of sp³-hybridized carbons (Fsp3) is 0. The van der Waals surface area contributed by atoms with Gasteiger partial charge in [0, 0.05) is 6.07 Å². The number of phenols is 2. The summed E-state index contributed by atoms with van der Waals surface area (Å²) in [5, 5.41) is 26.1. The fourth-order valence-electron chi connectivity index (χ4n) is 2.10. The standard InChI is InChI=1S/C14H11FN4O2S/c15-16-8-1-3-9(4-2-8)19-13(17-18-14(19)22)11-6-5-10(20)7-12(11)21/h1-7,16,20-21H,(H,18,22). The topological polar surface area (TPSA) is 86.1 Å². The second-order valence-electron chi connectivity index (χ2n) is 4.53. The van der Waals surface area contributed by atoms with Gasteiger partial charge in [0.25, 0.3) is 0 Å². The first-order chi connectivity index (χ1) is 10.6. The molecule has 2 aromatic carbocycles. The molecular weight excluding hydrogens is 307 g/mol. The molecule has 1 aromatic heterocycles. The Kier molecular flexibility index (Phi) is 3.51. The molecule has 8 heteroatoms. The van der Waals surface area contributed by atoms with Crippen LogP contribution in [-0.2, 0) is 0 Å². The SMILES string of the molecule is Oc1ccc(-c2n[nH]c(=S)n2-c2ccc(NF)cc2)c(O)c1. The second-order valence-corrected chi connectivity index (χ2v) is 4.92. The summed E-state index contributed by atoms with van der Waals surface area (Å²) in [6, 6.07) is 10.6. The van der Waals surface area contributed by atoms with Gasteiger partial charge in [-0.25, -0.2) is 5.54 Å². The average Bonchev–Trinajstić information content (AvgIpc) is 2.89. The number of nitrogens with one attached hydrogen (secondary N) is 2. The molecule has 0 atom stereocenters. The van der Waals surface area contributed by atoms with E-state index in [1.54, 1.807) is 34.4 Å². The molecule has 0 fully saturated rings. The molecule has 3 aromatic rings. The van der Waals surface area contributed by atoms with Gasteiger partial charge in [0.1, 0.15) is 11.5 Å². The summed E-state index contributed by atoms with van der Waals surface area (Å²) in [5.41, 5.74) is 2.92. The van der Waals surface area contributed by atoms with Gasteiger partial charge in [-0.15, -0.1) is 4.48 Å². The molecule has 0 saturated heterocycles. The first kappa shape index (κ1) is 14.1. The summed E-state index contributed by atoms with van der Waals surface area (Å²) < 4.78 is 14.3. The maximum Gasteiger partial charge on any atom is 0.200 e. The van der Waals surface area contributed by atoms with Gasteiger partial charge in [-0.2, -0.15) is 5.10 Å². The Bertz CT molecular complexity index is 873. The Balaban J connectivity index is 2.16. The van der Waals surface area contributed by atoms with Gasteiger partial charge < -0.3 is 10.2 Å². The normalized spacial score (nSPS) is 10.6. The zero-order chi connectivity index (χ0) is 15.7. The van der Waals surface area contributed by atoms with E-state index in [0.717, 1.165) is 0 Å². The summed E-state index contributed by atoms with van der Waals surface area (Å²) in [4.78, 5) is 0. The molecule has 0 aliphatic carbocycles. The molecule has 6 nitrogen and oxygen atoms in total. The van der Waals surface area contributed by atoms with Crippen LogP contribution in [0.5, 0.6) is 11.5 Å². The number of aromatic nitrogens is 3. The molecule has 0 aliphatic heterocycles. The lowest BCUT2D eigenvalue weighted by molar-refractivity contribution is 0.451. The van der Waals surface area contributed by atoms with Crippen LogP contribution in [0.25, 0.3) is 17.1 Å². The number of hydrogen-bond donors (Lipinski definition) is 4. The van der Waals surface area contributed by atoms with Crippen LogP contribution < -0.4 is 5.54 Å². The van der Waals surface area contributed by atoms with Crippen molar-refractivity contribution >= 4 is 17.9 Å². The highest BCUT2D eigenvalue weighted by molar-refractivity contribution is 7.71. The van der Waals surface area contributed by atoms with Crippen molar-refractivity contribution in [2.24, 2.45) is 0 Å². The average molecular weight is 318 g/mol. The van der Waals surface area contributed by atoms with E-state index in [0.29, 0.717) is 27.5 Å². The molecule has 112 valence electrons. The van der Waals surface area contributed by atoms with E-state index in [4.69, 9.17) is 12.2 Å². The van der Waals surface area contributed by atoms with Crippen LogP contribution in [0, 0.1) is 4.77 Å². The number of benzene rings is 2. The number of rotatable bonds is 3. The Hall–Kier alpha value is -2.87. The molecule has 0 unspecified atom stereocenters. The predicted octanol–water partition coefficient (Wildman–Crippen LogP) is 3.30. The highest BCUT2D eigenvalue weighted by Gasteiger charge is 2.14. The Morgan fingerprint density at radius 2 is 1.86 bits per heavy atom. The lowest BCUT2D eigenvalue weighted by Crippen LogP contribution is -1.98. The van der Waals surface area contributed by atoms with Crippen LogP contribution in [0.3, 0.4) is 0 Å². The molecule has 0 amide bonds. The van der Waals surface area contributed by atoms with Crippen LogP contribution in [0.1, 0.15) is 0 Å². The van der Waals surface area contributed by atoms with Gasteiger partial charge >= 0.3 is 0 Å². The van der Waals surface area contributed by atoms with Gasteiger partial charge in [0.15, 0.2) is 10.6 Å². The second kappa shape index (κ2) is 5.49. The van der Waals surface area contributed by atoms with E-state index in [1.165, 1.54) is 18.2 Å². The summed E-state index contributed by atoms with van der Waals surface area (Å²) in [5.74, 6) is 0.195. The van der Waals surface area contributed by atoms with Crippen molar-refractivity contribution in [2.45, 2.75) is 0 Å². The van der Waals surface area contributed by atoms with Crippen LogP contribution in [-0.4, -0.2) is 25.0 Å². The molecule has 3 rings (SSSR count). The maximum absolute atomic E-state index is 12.4. The number of phenolic OH excluding ortho intramolecular Hbond substituents is 2. The number of hydrogen-bond acceptors (Lipinski definition) is 5. The van der Waals surface area contributed by atoms with Crippen molar-refractivity contribution in [3.8, 4) is 28.6 Å². The monoisotopic (exact) mass is 318 g/mol. The Morgan fingerprint density at radius 3 is 2.50 bits per heavy atom. The van der Waals surface area contributed by atoms with E-state index < -0.39 is 0 Å². The molecule has 22 heavy (non-hydrogen) atoms. The van der Waals surface area contributed by atoms with Crippen LogP contribution in [0.4, 0.5) is 10.2 Å². The van der Waals surface area contributed by atoms with Crippen LogP contribution in [0.2, 0.25) is 0 Å². The Morgan fingerprint density at radius 1 is 1.14 bits per heavy atom. The molecular formula is C14H11FN4O2S. The zero-order valence-corrected chi connectivity index (χ0v) is 11.9. The minimum atomic E-state index is -0.128. The summed E-state index contributed by atoms with van der Waals surface area (Å²) in [6.07, 6.45) is 0. The predicted molar refractivity (Wildman–Crippen MR) is 82.2 cm³/mol. The molecule has 0 bridgehead atoms. The van der Waals surface area contributed by atoms with Gasteiger partial charge in [-0.1, -0.05) is 0 Å². The van der Waals surface area contributed by atoms with Gasteiger partial charge in [-0.3, -0.25) is 9.67 Å². The molecule has 0 saturated carbocycles. The van der Waals surface area contributed by atoms with Crippen molar-refractivity contribution in [1.82, 2.24) is 14.8 Å². The van der Waals surface area contributed by atoms with Crippen LogP contribution >= 0.6 is 12.2 Å². The van der Waals surface area contributed by atoms with E-state index in [-0.39, 0.29) is 11.5 Å². The van der Waals surface area contributed by atoms with E-state index >= 15 is 0 Å². The lowest BCUT2D eigenvalue weighted by Gasteiger charge is -2.09. The zero-order valence-electron chi connectivity index (χ0n) is 11.1. The molecule has 0 spiro atoms. The largest absolute Gasteiger partial charge is 0.508 e. The number of aromatic hydroxyl groups is 2. The summed E-state index contributed by atoms with van der Waals surface area (Å²) in [7, 11) is 0. The van der Waals surface area contributed by atoms with Crippen molar-refractivity contribution in [2.75, 3.05) is 5.54 Å². The smallest absolute Gasteiger partial charge is 0.200 e. The van der Waals surface area contributed by atoms with Crippen molar-refractivity contribution in [3.05, 3.63) is 47.2 Å².